The summed E-state index contributed by atoms with van der Waals surface area (Å²) in [6.45, 7) is 22.7. The Morgan fingerprint density at radius 3 is 2.18 bits per heavy atom. The maximum Gasteiger partial charge on any atom is 0.271 e. The lowest BCUT2D eigenvalue weighted by Crippen LogP contribution is -2.11. The maximum absolute atomic E-state index is 14.9. The van der Waals surface area contributed by atoms with Crippen molar-refractivity contribution in [2.45, 2.75) is 152 Å². The molecule has 2 aliphatic rings. The van der Waals surface area contributed by atoms with Crippen molar-refractivity contribution in [2.75, 3.05) is 18.4 Å². The number of fused-ring (bicyclic) bond motifs is 1. The van der Waals surface area contributed by atoms with Gasteiger partial charge in [0.15, 0.2) is 5.78 Å². The molecule has 57 heavy (non-hydrogen) atoms. The first-order chi connectivity index (χ1) is 27.3. The van der Waals surface area contributed by atoms with Crippen LogP contribution in [0.3, 0.4) is 0 Å². The normalized spacial score (nSPS) is 13.3. The molecular weight excluding hydrogens is 711 g/mol. The van der Waals surface area contributed by atoms with E-state index in [2.05, 4.69) is 53.4 Å². The number of benzene rings is 3. The number of hydrogen-bond acceptors (Lipinski definition) is 5. The van der Waals surface area contributed by atoms with Gasteiger partial charge in [0.1, 0.15) is 0 Å². The number of unbranched alkanes of at least 4 members (excludes halogenated alkanes) is 1. The summed E-state index contributed by atoms with van der Waals surface area (Å²) in [4.78, 5) is 18.1. The van der Waals surface area contributed by atoms with E-state index < -0.39 is 5.92 Å². The Morgan fingerprint density at radius 1 is 0.947 bits per heavy atom. The summed E-state index contributed by atoms with van der Waals surface area (Å²) < 4.78 is 29.7. The lowest BCUT2D eigenvalue weighted by molar-refractivity contribution is 0.0180. The first-order valence-corrected chi connectivity index (χ1v) is 21.7. The molecule has 0 spiro atoms. The summed E-state index contributed by atoms with van der Waals surface area (Å²) in [6.07, 6.45) is 17.8. The Morgan fingerprint density at radius 2 is 1.61 bits per heavy atom. The third-order valence-electron chi connectivity index (χ3n) is 9.27. The Kier molecular flexibility index (Phi) is 25.5. The van der Waals surface area contributed by atoms with Crippen LogP contribution in [0.4, 0.5) is 20.2 Å². The van der Waals surface area contributed by atoms with Crippen LogP contribution in [-0.2, 0) is 25.2 Å². The van der Waals surface area contributed by atoms with Gasteiger partial charge in [-0.2, -0.15) is 0 Å². The fraction of sp³-hybridized carbons (Fsp3) is 0.520. The smallest absolute Gasteiger partial charge is 0.271 e. The number of ketones is 1. The van der Waals surface area contributed by atoms with Gasteiger partial charge in [-0.1, -0.05) is 144 Å². The molecule has 0 atom stereocenters. The molecule has 0 aromatic heterocycles. The summed E-state index contributed by atoms with van der Waals surface area (Å²) in [5.74, 6) is -2.06. The van der Waals surface area contributed by atoms with Gasteiger partial charge in [0, 0.05) is 54.5 Å². The zero-order valence-corrected chi connectivity index (χ0v) is 37.0. The number of hydrogen-bond donors (Lipinski definition) is 3. The highest BCUT2D eigenvalue weighted by Crippen LogP contribution is 2.42. The van der Waals surface area contributed by atoms with Crippen molar-refractivity contribution in [3.05, 3.63) is 107 Å². The monoisotopic (exact) mass is 787 g/mol. The fourth-order valence-corrected chi connectivity index (χ4v) is 6.56. The number of nitrogens with zero attached hydrogens (tertiary/aromatic N) is 1. The largest absolute Gasteiger partial charge is 0.356 e. The minimum Gasteiger partial charge on any atom is -0.356 e. The highest BCUT2D eigenvalue weighted by Gasteiger charge is 2.31. The zero-order valence-electron chi connectivity index (χ0n) is 37.0. The minimum absolute atomic E-state index is 0.0194. The molecule has 316 valence electrons. The average molecular weight is 787 g/mol. The molecule has 5 nitrogen and oxygen atoms in total. The van der Waals surface area contributed by atoms with Gasteiger partial charge in [-0.25, -0.2) is 8.78 Å². The predicted octanol–water partition coefficient (Wildman–Crippen LogP) is 14.1. The molecule has 1 saturated carbocycles. The number of allylic oxidation sites excluding steroid dienone is 1. The second kappa shape index (κ2) is 28.5. The number of carbonyl (C=O) groups excluding carboxylic acids is 1. The molecule has 3 aromatic carbocycles. The molecule has 0 amide bonds. The number of alkyl halides is 2. The first kappa shape index (κ1) is 51.1. The van der Waals surface area contributed by atoms with E-state index in [4.69, 9.17) is 16.5 Å². The molecule has 1 heterocycles. The number of anilines is 1. The van der Waals surface area contributed by atoms with Gasteiger partial charge in [0.2, 0.25) is 0 Å². The third kappa shape index (κ3) is 18.5. The molecule has 3 aromatic rings. The van der Waals surface area contributed by atoms with Crippen LogP contribution in [-0.4, -0.2) is 24.6 Å². The Bertz CT molecular complexity index is 1680. The van der Waals surface area contributed by atoms with Crippen molar-refractivity contribution in [1.82, 2.24) is 0 Å². The molecule has 0 unspecified atom stereocenters. The SMILES string of the molecule is C=C(/C=C/CN)Nc1ccc(C(=O)Cc2cccc(-c3cc4c(cc3C(C)(F)F)CC(CCCC)=N4)c2)cc1CCN.CC.CC1CCCCC1.CCC.CCC. The highest BCUT2D eigenvalue weighted by atomic mass is 19.3. The van der Waals surface area contributed by atoms with E-state index in [0.717, 1.165) is 65.9 Å². The molecule has 1 aliphatic heterocycles. The molecule has 5 rings (SSSR count). The van der Waals surface area contributed by atoms with Gasteiger partial charge in [-0.3, -0.25) is 9.79 Å². The second-order valence-corrected chi connectivity index (χ2v) is 15.0. The molecule has 0 bridgehead atoms. The summed E-state index contributed by atoms with van der Waals surface area (Å²) in [5, 5.41) is 3.25. The highest BCUT2D eigenvalue weighted by molar-refractivity contribution is 5.98. The number of Topliss-reactive ketones (excluding diaryl/α,β-unsaturated/α-hetero) is 1. The van der Waals surface area contributed by atoms with Crippen molar-refractivity contribution in [3.63, 3.8) is 0 Å². The summed E-state index contributed by atoms with van der Waals surface area (Å²) in [6, 6.07) is 16.2. The summed E-state index contributed by atoms with van der Waals surface area (Å²) >= 11 is 0. The van der Waals surface area contributed by atoms with Crippen LogP contribution < -0.4 is 16.8 Å². The van der Waals surface area contributed by atoms with E-state index in [9.17, 15) is 13.6 Å². The van der Waals surface area contributed by atoms with Gasteiger partial charge >= 0.3 is 0 Å². The number of carbonyl (C=O) groups is 1. The van der Waals surface area contributed by atoms with Crippen LogP contribution in [0.5, 0.6) is 0 Å². The van der Waals surface area contributed by atoms with E-state index in [1.165, 1.54) is 44.9 Å². The molecule has 7 heteroatoms. The number of rotatable bonds is 14. The second-order valence-electron chi connectivity index (χ2n) is 15.0. The van der Waals surface area contributed by atoms with E-state index in [0.29, 0.717) is 48.3 Å². The van der Waals surface area contributed by atoms with Crippen molar-refractivity contribution in [1.29, 1.82) is 0 Å². The van der Waals surface area contributed by atoms with Gasteiger partial charge in [-0.15, -0.1) is 0 Å². The molecule has 0 saturated heterocycles. The topological polar surface area (TPSA) is 93.5 Å². The molecule has 1 fully saturated rings. The van der Waals surface area contributed by atoms with Gasteiger partial charge in [-0.05, 0) is 96.0 Å². The van der Waals surface area contributed by atoms with Crippen LogP contribution in [0.2, 0.25) is 0 Å². The Balaban J connectivity index is 0.000000921. The van der Waals surface area contributed by atoms with Crippen LogP contribution >= 0.6 is 0 Å². The lowest BCUT2D eigenvalue weighted by atomic mass is 9.91. The molecule has 5 N–H and O–H groups in total. The first-order valence-electron chi connectivity index (χ1n) is 21.7. The number of nitrogens with one attached hydrogen (secondary N) is 1. The lowest BCUT2D eigenvalue weighted by Gasteiger charge is -2.18. The number of nitrogens with two attached hydrogens (primary N) is 2. The minimum atomic E-state index is -3.02. The molecule has 1 aliphatic carbocycles. The van der Waals surface area contributed by atoms with Crippen molar-refractivity contribution in [3.8, 4) is 11.1 Å². The van der Waals surface area contributed by atoms with E-state index in [1.807, 2.05) is 50.2 Å². The predicted molar refractivity (Wildman–Crippen MR) is 245 cm³/mol. The van der Waals surface area contributed by atoms with Crippen molar-refractivity contribution >= 4 is 22.9 Å². The average Bonchev–Trinajstić information content (AvgIpc) is 3.60. The van der Waals surface area contributed by atoms with Crippen LogP contribution in [0.1, 0.15) is 159 Å². The van der Waals surface area contributed by atoms with Crippen LogP contribution in [0.25, 0.3) is 11.1 Å². The summed E-state index contributed by atoms with van der Waals surface area (Å²) in [5.41, 5.74) is 18.8. The number of halogens is 2. The quantitative estimate of drug-likeness (QED) is 0.112. The van der Waals surface area contributed by atoms with Crippen molar-refractivity contribution < 1.29 is 13.6 Å². The number of aliphatic imine (C=N–C) groups is 1. The van der Waals surface area contributed by atoms with Crippen molar-refractivity contribution in [2.24, 2.45) is 22.4 Å². The van der Waals surface area contributed by atoms with E-state index >= 15 is 0 Å². The van der Waals surface area contributed by atoms with Gasteiger partial charge in [0.05, 0.1) is 5.69 Å². The van der Waals surface area contributed by atoms with Gasteiger partial charge < -0.3 is 16.8 Å². The fourth-order valence-electron chi connectivity index (χ4n) is 6.56. The molecule has 0 radical (unpaired) electrons. The molecular formula is C50H76F2N4O. The van der Waals surface area contributed by atoms with E-state index in [-0.39, 0.29) is 17.8 Å². The standard InChI is InChI=1S/C35H40F2N4O.C7H14.2C3H8.C2H6/c1-4-5-11-29-20-28-21-31(35(3,36)37)30(22-33(28)41-29)25-10-6-9-24(17-25)18-34(42)27-12-13-32(26(19-27)14-16-39)40-23(2)8-7-15-38;1-7-5-3-2-4-6-7;2*1-3-2;1-2/h6-10,12-13,17,19,21-22,40H,2,4-5,11,14-16,18,20,38-39H2,1,3H3;7H,2-6H2,1H3;2*3H2,1-2H3;1-2H3/b8-7+;;;;. The Hall–Kier alpha value is -3.94. The van der Waals surface area contributed by atoms with Crippen LogP contribution in [0, 0.1) is 5.92 Å². The zero-order chi connectivity index (χ0) is 42.8. The Labute approximate surface area is 345 Å². The third-order valence-corrected chi connectivity index (χ3v) is 9.27. The van der Waals surface area contributed by atoms with Crippen LogP contribution in [0.15, 0.2) is 84.0 Å². The van der Waals surface area contributed by atoms with Gasteiger partial charge in [0.25, 0.3) is 5.92 Å². The maximum atomic E-state index is 14.9. The van der Waals surface area contributed by atoms with E-state index in [1.54, 1.807) is 30.4 Å². The summed E-state index contributed by atoms with van der Waals surface area (Å²) in [7, 11) is 0.